The number of nitrogens with zero attached hydrogens (tertiary/aromatic N) is 2. The Kier molecular flexibility index (Phi) is 7.00. The van der Waals surface area contributed by atoms with Crippen LogP contribution < -0.4 is 10.6 Å². The Morgan fingerprint density at radius 3 is 2.86 bits per heavy atom. The first-order valence-corrected chi connectivity index (χ1v) is 8.54. The van der Waals surface area contributed by atoms with Crippen LogP contribution in [0.15, 0.2) is 29.3 Å². The Hall–Kier alpha value is -1.26. The van der Waals surface area contributed by atoms with Crippen LogP contribution in [0.5, 0.6) is 0 Å². The number of rotatable bonds is 5. The molecule has 2 rings (SSSR count). The minimum atomic E-state index is 0.609. The van der Waals surface area contributed by atoms with Gasteiger partial charge in [0.15, 0.2) is 5.96 Å². The van der Waals surface area contributed by atoms with Crippen molar-refractivity contribution in [1.29, 1.82) is 0 Å². The first-order chi connectivity index (χ1) is 10.7. The monoisotopic (exact) mass is 322 g/mol. The average Bonchev–Trinajstić information content (AvgIpc) is 2.56. The summed E-state index contributed by atoms with van der Waals surface area (Å²) < 4.78 is 0. The van der Waals surface area contributed by atoms with E-state index in [0.717, 1.165) is 29.6 Å². The highest BCUT2D eigenvalue weighted by molar-refractivity contribution is 6.31. The molecular weight excluding hydrogens is 296 g/mol. The van der Waals surface area contributed by atoms with Crippen LogP contribution in [-0.2, 0) is 6.54 Å². The molecule has 0 saturated carbocycles. The third-order valence-electron chi connectivity index (χ3n) is 4.29. The molecule has 0 bridgehead atoms. The second-order valence-electron chi connectivity index (χ2n) is 5.68. The van der Waals surface area contributed by atoms with Crippen molar-refractivity contribution in [3.63, 3.8) is 0 Å². The maximum Gasteiger partial charge on any atom is 0.191 e. The highest BCUT2D eigenvalue weighted by Gasteiger charge is 2.20. The minimum Gasteiger partial charge on any atom is -0.355 e. The van der Waals surface area contributed by atoms with Gasteiger partial charge in [0.1, 0.15) is 0 Å². The van der Waals surface area contributed by atoms with Crippen LogP contribution in [-0.4, -0.2) is 43.6 Å². The molecule has 1 saturated heterocycles. The number of guanidine groups is 1. The Balaban J connectivity index is 1.81. The van der Waals surface area contributed by atoms with Crippen molar-refractivity contribution in [1.82, 2.24) is 15.5 Å². The highest BCUT2D eigenvalue weighted by atomic mass is 35.5. The SMILES string of the molecule is CCN1CCCCC1CNC(=NC)NCc1ccccc1Cl. The molecule has 1 aromatic rings. The molecule has 0 aromatic heterocycles. The molecule has 2 N–H and O–H groups in total. The summed E-state index contributed by atoms with van der Waals surface area (Å²) in [5.41, 5.74) is 1.08. The van der Waals surface area contributed by atoms with Gasteiger partial charge in [-0.3, -0.25) is 9.89 Å². The molecule has 0 radical (unpaired) electrons. The number of nitrogens with one attached hydrogen (secondary N) is 2. The number of likely N-dealkylation sites (N-methyl/N-ethyl adjacent to an activating group) is 1. The Labute approximate surface area is 138 Å². The third-order valence-corrected chi connectivity index (χ3v) is 4.66. The van der Waals surface area contributed by atoms with Gasteiger partial charge in [-0.25, -0.2) is 0 Å². The molecule has 1 aliphatic rings. The van der Waals surface area contributed by atoms with Crippen molar-refractivity contribution < 1.29 is 0 Å². The second-order valence-corrected chi connectivity index (χ2v) is 6.08. The number of hydrogen-bond donors (Lipinski definition) is 2. The van der Waals surface area contributed by atoms with Crippen molar-refractivity contribution in [2.24, 2.45) is 4.99 Å². The lowest BCUT2D eigenvalue weighted by molar-refractivity contribution is 0.157. The van der Waals surface area contributed by atoms with Gasteiger partial charge in [0.05, 0.1) is 0 Å². The molecule has 1 aromatic carbocycles. The molecule has 1 fully saturated rings. The van der Waals surface area contributed by atoms with E-state index in [2.05, 4.69) is 27.4 Å². The zero-order valence-electron chi connectivity index (χ0n) is 13.6. The summed E-state index contributed by atoms with van der Waals surface area (Å²) >= 11 is 6.18. The molecule has 5 heteroatoms. The molecule has 4 nitrogen and oxygen atoms in total. The van der Waals surface area contributed by atoms with Crippen molar-refractivity contribution in [2.45, 2.75) is 38.8 Å². The lowest BCUT2D eigenvalue weighted by atomic mass is 10.0. The molecule has 1 unspecified atom stereocenters. The highest BCUT2D eigenvalue weighted by Crippen LogP contribution is 2.16. The Morgan fingerprint density at radius 1 is 1.32 bits per heavy atom. The quantitative estimate of drug-likeness (QED) is 0.647. The van der Waals surface area contributed by atoms with Crippen LogP contribution in [0.4, 0.5) is 0 Å². The topological polar surface area (TPSA) is 39.7 Å². The van der Waals surface area contributed by atoms with E-state index in [1.807, 2.05) is 24.3 Å². The smallest absolute Gasteiger partial charge is 0.191 e. The fourth-order valence-corrected chi connectivity index (χ4v) is 3.17. The van der Waals surface area contributed by atoms with E-state index in [-0.39, 0.29) is 0 Å². The summed E-state index contributed by atoms with van der Waals surface area (Å²) in [5.74, 6) is 0.835. The molecule has 1 aliphatic heterocycles. The van der Waals surface area contributed by atoms with Gasteiger partial charge in [0.2, 0.25) is 0 Å². The number of benzene rings is 1. The van der Waals surface area contributed by atoms with Gasteiger partial charge in [-0.2, -0.15) is 0 Å². The van der Waals surface area contributed by atoms with Gasteiger partial charge in [0.25, 0.3) is 0 Å². The summed E-state index contributed by atoms with van der Waals surface area (Å²) in [6.45, 7) is 6.20. The van der Waals surface area contributed by atoms with E-state index in [9.17, 15) is 0 Å². The minimum absolute atomic E-state index is 0.609. The summed E-state index contributed by atoms with van der Waals surface area (Å²) in [4.78, 5) is 6.85. The van der Waals surface area contributed by atoms with Crippen molar-refractivity contribution >= 4 is 17.6 Å². The van der Waals surface area contributed by atoms with Gasteiger partial charge < -0.3 is 10.6 Å². The van der Waals surface area contributed by atoms with Crippen LogP contribution >= 0.6 is 11.6 Å². The number of piperidine rings is 1. The van der Waals surface area contributed by atoms with Crippen LogP contribution in [0.3, 0.4) is 0 Å². The van der Waals surface area contributed by atoms with E-state index in [1.54, 1.807) is 7.05 Å². The zero-order chi connectivity index (χ0) is 15.8. The van der Waals surface area contributed by atoms with E-state index in [1.165, 1.54) is 25.8 Å². The van der Waals surface area contributed by atoms with Gasteiger partial charge in [0, 0.05) is 31.2 Å². The van der Waals surface area contributed by atoms with Gasteiger partial charge in [-0.15, -0.1) is 0 Å². The first kappa shape index (κ1) is 17.1. The maximum atomic E-state index is 6.18. The number of halogens is 1. The van der Waals surface area contributed by atoms with Gasteiger partial charge in [-0.1, -0.05) is 43.1 Å². The molecule has 1 atom stereocenters. The maximum absolute atomic E-state index is 6.18. The van der Waals surface area contributed by atoms with Crippen LogP contribution in [0.1, 0.15) is 31.7 Å². The molecule has 22 heavy (non-hydrogen) atoms. The van der Waals surface area contributed by atoms with Crippen LogP contribution in [0, 0.1) is 0 Å². The zero-order valence-corrected chi connectivity index (χ0v) is 14.4. The van der Waals surface area contributed by atoms with Crippen LogP contribution in [0.25, 0.3) is 0 Å². The molecule has 122 valence electrons. The average molecular weight is 323 g/mol. The molecular formula is C17H27ClN4. The summed E-state index contributed by atoms with van der Waals surface area (Å²) in [7, 11) is 1.81. The van der Waals surface area contributed by atoms with E-state index in [4.69, 9.17) is 11.6 Å². The van der Waals surface area contributed by atoms with Crippen molar-refractivity contribution in [3.05, 3.63) is 34.9 Å². The lowest BCUT2D eigenvalue weighted by Gasteiger charge is -2.35. The molecule has 0 spiro atoms. The molecule has 0 amide bonds. The second kappa shape index (κ2) is 9.01. The third kappa shape index (κ3) is 4.89. The summed E-state index contributed by atoms with van der Waals surface area (Å²) in [6, 6.07) is 8.50. The predicted octanol–water partition coefficient (Wildman–Crippen LogP) is 2.88. The Morgan fingerprint density at radius 2 is 2.14 bits per heavy atom. The number of aliphatic imine (C=N–C) groups is 1. The summed E-state index contributed by atoms with van der Waals surface area (Å²) in [6.07, 6.45) is 3.92. The molecule has 0 aliphatic carbocycles. The largest absolute Gasteiger partial charge is 0.355 e. The number of hydrogen-bond acceptors (Lipinski definition) is 2. The van der Waals surface area contributed by atoms with E-state index in [0.29, 0.717) is 12.6 Å². The molecule has 1 heterocycles. The van der Waals surface area contributed by atoms with Gasteiger partial charge >= 0.3 is 0 Å². The lowest BCUT2D eigenvalue weighted by Crippen LogP contribution is -2.48. The van der Waals surface area contributed by atoms with E-state index < -0.39 is 0 Å². The normalized spacial score (nSPS) is 20.0. The fraction of sp³-hybridized carbons (Fsp3) is 0.588. The van der Waals surface area contributed by atoms with Crippen molar-refractivity contribution in [3.8, 4) is 0 Å². The van der Waals surface area contributed by atoms with E-state index >= 15 is 0 Å². The van der Waals surface area contributed by atoms with Crippen LogP contribution in [0.2, 0.25) is 5.02 Å². The number of likely N-dealkylation sites (tertiary alicyclic amines) is 1. The Bertz CT molecular complexity index is 489. The predicted molar refractivity (Wildman–Crippen MR) is 94.5 cm³/mol. The van der Waals surface area contributed by atoms with Gasteiger partial charge in [-0.05, 0) is 37.6 Å². The standard InChI is InChI=1S/C17H27ClN4/c1-3-22-11-7-6-9-15(22)13-21-17(19-2)20-12-14-8-4-5-10-16(14)18/h4-5,8,10,15H,3,6-7,9,11-13H2,1-2H3,(H2,19,20,21). The fourth-order valence-electron chi connectivity index (χ4n) is 2.96. The van der Waals surface area contributed by atoms with Crippen molar-refractivity contribution in [2.75, 3.05) is 26.7 Å². The first-order valence-electron chi connectivity index (χ1n) is 8.16. The summed E-state index contributed by atoms with van der Waals surface area (Å²) in [5, 5.41) is 7.57.